The lowest BCUT2D eigenvalue weighted by atomic mass is 10.1. The average Bonchev–Trinajstić information content (AvgIpc) is 3.01. The van der Waals surface area contributed by atoms with Crippen LogP contribution < -0.4 is 5.32 Å². The molecule has 1 aliphatic rings. The molecule has 1 fully saturated rings. The van der Waals surface area contributed by atoms with E-state index in [9.17, 15) is 9.59 Å². The lowest BCUT2D eigenvalue weighted by Crippen LogP contribution is -2.42. The van der Waals surface area contributed by atoms with Gasteiger partial charge in [-0.05, 0) is 31.4 Å². The van der Waals surface area contributed by atoms with Crippen LogP contribution in [-0.4, -0.2) is 41.3 Å². The second-order valence-corrected chi connectivity index (χ2v) is 5.37. The molecule has 2 aromatic rings. The van der Waals surface area contributed by atoms with E-state index in [-0.39, 0.29) is 18.4 Å². The molecule has 1 aliphatic heterocycles. The smallest absolute Gasteiger partial charge is 0.253 e. The highest BCUT2D eigenvalue weighted by Crippen LogP contribution is 2.16. The van der Waals surface area contributed by atoms with Crippen molar-refractivity contribution >= 4 is 22.7 Å². The Hall–Kier alpha value is -2.30. The lowest BCUT2D eigenvalue weighted by molar-refractivity contribution is -0.130. The highest BCUT2D eigenvalue weighted by atomic mass is 16.2. The van der Waals surface area contributed by atoms with Crippen molar-refractivity contribution < 1.29 is 9.59 Å². The van der Waals surface area contributed by atoms with Gasteiger partial charge in [0.1, 0.15) is 0 Å². The van der Waals surface area contributed by atoms with Crippen LogP contribution in [0.15, 0.2) is 30.5 Å². The normalized spacial score (nSPS) is 15.1. The number of carbonyl (C=O) groups is 2. The van der Waals surface area contributed by atoms with E-state index in [2.05, 4.69) is 10.3 Å². The lowest BCUT2D eigenvalue weighted by Gasteiger charge is -2.26. The number of aromatic amines is 1. The van der Waals surface area contributed by atoms with Gasteiger partial charge in [0.25, 0.3) is 5.91 Å². The average molecular weight is 285 g/mol. The quantitative estimate of drug-likeness (QED) is 0.904. The summed E-state index contributed by atoms with van der Waals surface area (Å²) in [5.41, 5.74) is 1.38. The molecule has 2 amide bonds. The Morgan fingerprint density at radius 1 is 1.14 bits per heavy atom. The van der Waals surface area contributed by atoms with Crippen LogP contribution in [0.25, 0.3) is 10.9 Å². The third kappa shape index (κ3) is 2.91. The molecule has 1 saturated heterocycles. The van der Waals surface area contributed by atoms with Gasteiger partial charge in [0.05, 0.1) is 17.6 Å². The summed E-state index contributed by atoms with van der Waals surface area (Å²) in [6.07, 6.45) is 5.11. The highest BCUT2D eigenvalue weighted by Gasteiger charge is 2.18. The largest absolute Gasteiger partial charge is 0.361 e. The Balaban J connectivity index is 1.64. The Morgan fingerprint density at radius 3 is 2.76 bits per heavy atom. The van der Waals surface area contributed by atoms with Crippen LogP contribution in [0.1, 0.15) is 29.6 Å². The maximum absolute atomic E-state index is 12.2. The number of carbonyl (C=O) groups excluding carboxylic acids is 2. The molecular weight excluding hydrogens is 266 g/mol. The molecule has 110 valence electrons. The molecule has 1 aromatic heterocycles. The van der Waals surface area contributed by atoms with Gasteiger partial charge < -0.3 is 15.2 Å². The summed E-state index contributed by atoms with van der Waals surface area (Å²) in [5.74, 6) is -0.213. The van der Waals surface area contributed by atoms with Gasteiger partial charge in [-0.1, -0.05) is 12.1 Å². The predicted octanol–water partition coefficient (Wildman–Crippen LogP) is 1.91. The van der Waals surface area contributed by atoms with Crippen molar-refractivity contribution in [3.63, 3.8) is 0 Å². The molecule has 2 N–H and O–H groups in total. The van der Waals surface area contributed by atoms with Gasteiger partial charge in [0.15, 0.2) is 0 Å². The van der Waals surface area contributed by atoms with Crippen molar-refractivity contribution in [1.82, 2.24) is 15.2 Å². The van der Waals surface area contributed by atoms with Crippen molar-refractivity contribution in [1.29, 1.82) is 0 Å². The molecule has 0 radical (unpaired) electrons. The number of H-pyrrole nitrogens is 1. The number of amides is 2. The standard InChI is InChI=1S/C16H19N3O2/c20-14(19-9-2-1-3-10-19)11-18-16(21)13-6-4-5-12-7-8-17-15(12)13/h4-8,17H,1-3,9-11H2,(H,18,21). The maximum atomic E-state index is 12.2. The van der Waals surface area contributed by atoms with Gasteiger partial charge in [-0.3, -0.25) is 9.59 Å². The highest BCUT2D eigenvalue weighted by molar-refractivity contribution is 6.06. The number of likely N-dealkylation sites (tertiary alicyclic amines) is 1. The topological polar surface area (TPSA) is 65.2 Å². The molecule has 3 rings (SSSR count). The van der Waals surface area contributed by atoms with Crippen LogP contribution in [0.4, 0.5) is 0 Å². The summed E-state index contributed by atoms with van der Waals surface area (Å²) in [5, 5.41) is 3.72. The Morgan fingerprint density at radius 2 is 1.95 bits per heavy atom. The van der Waals surface area contributed by atoms with Crippen LogP contribution >= 0.6 is 0 Å². The summed E-state index contributed by atoms with van der Waals surface area (Å²) in [6, 6.07) is 7.48. The number of piperidine rings is 1. The minimum Gasteiger partial charge on any atom is -0.361 e. The summed E-state index contributed by atoms with van der Waals surface area (Å²) < 4.78 is 0. The molecule has 5 nitrogen and oxygen atoms in total. The Kier molecular flexibility index (Phi) is 3.90. The van der Waals surface area contributed by atoms with Gasteiger partial charge in [-0.15, -0.1) is 0 Å². The van der Waals surface area contributed by atoms with Crippen molar-refractivity contribution in [3.8, 4) is 0 Å². The van der Waals surface area contributed by atoms with Gasteiger partial charge in [0.2, 0.25) is 5.91 Å². The molecule has 0 aliphatic carbocycles. The maximum Gasteiger partial charge on any atom is 0.253 e. The minimum atomic E-state index is -0.214. The van der Waals surface area contributed by atoms with E-state index < -0.39 is 0 Å². The first-order valence-corrected chi connectivity index (χ1v) is 7.38. The van der Waals surface area contributed by atoms with E-state index in [0.717, 1.165) is 36.8 Å². The van der Waals surface area contributed by atoms with Crippen molar-refractivity contribution in [3.05, 3.63) is 36.0 Å². The molecule has 1 aromatic carbocycles. The first-order chi connectivity index (χ1) is 10.3. The van der Waals surface area contributed by atoms with Gasteiger partial charge in [-0.25, -0.2) is 0 Å². The molecular formula is C16H19N3O2. The van der Waals surface area contributed by atoms with E-state index in [1.165, 1.54) is 6.42 Å². The Bertz CT molecular complexity index is 656. The zero-order valence-electron chi connectivity index (χ0n) is 11.9. The van der Waals surface area contributed by atoms with Gasteiger partial charge in [-0.2, -0.15) is 0 Å². The van der Waals surface area contributed by atoms with Crippen molar-refractivity contribution in [2.24, 2.45) is 0 Å². The van der Waals surface area contributed by atoms with Crippen molar-refractivity contribution in [2.45, 2.75) is 19.3 Å². The van der Waals surface area contributed by atoms with Crippen LogP contribution in [-0.2, 0) is 4.79 Å². The molecule has 0 spiro atoms. The first kappa shape index (κ1) is 13.7. The fourth-order valence-electron chi connectivity index (χ4n) is 2.78. The first-order valence-electron chi connectivity index (χ1n) is 7.38. The fourth-order valence-corrected chi connectivity index (χ4v) is 2.78. The summed E-state index contributed by atoms with van der Waals surface area (Å²) >= 11 is 0. The molecule has 0 bridgehead atoms. The number of nitrogens with one attached hydrogen (secondary N) is 2. The third-order valence-electron chi connectivity index (χ3n) is 3.94. The molecule has 0 unspecified atom stereocenters. The predicted molar refractivity (Wildman–Crippen MR) is 81.1 cm³/mol. The van der Waals surface area contributed by atoms with E-state index in [0.29, 0.717) is 5.56 Å². The number of hydrogen-bond acceptors (Lipinski definition) is 2. The minimum absolute atomic E-state index is 0.00158. The van der Waals surface area contributed by atoms with Crippen molar-refractivity contribution in [2.75, 3.05) is 19.6 Å². The Labute approximate surface area is 123 Å². The number of fused-ring (bicyclic) bond motifs is 1. The number of hydrogen-bond donors (Lipinski definition) is 2. The molecule has 21 heavy (non-hydrogen) atoms. The second kappa shape index (κ2) is 5.99. The fraction of sp³-hybridized carbons (Fsp3) is 0.375. The van der Waals surface area contributed by atoms with Crippen LogP contribution in [0, 0.1) is 0 Å². The van der Waals surface area contributed by atoms with E-state index in [4.69, 9.17) is 0 Å². The monoisotopic (exact) mass is 285 g/mol. The van der Waals surface area contributed by atoms with E-state index in [1.54, 1.807) is 12.3 Å². The SMILES string of the molecule is O=C(NCC(=O)N1CCCCC1)c1cccc2cc[nH]c12. The second-order valence-electron chi connectivity index (χ2n) is 5.37. The molecule has 2 heterocycles. The number of aromatic nitrogens is 1. The van der Waals surface area contributed by atoms with Gasteiger partial charge >= 0.3 is 0 Å². The molecule has 0 atom stereocenters. The number of rotatable bonds is 3. The van der Waals surface area contributed by atoms with E-state index in [1.807, 2.05) is 23.1 Å². The summed E-state index contributed by atoms with van der Waals surface area (Å²) in [6.45, 7) is 1.68. The number of benzene rings is 1. The molecule has 5 heteroatoms. The van der Waals surface area contributed by atoms with Crippen LogP contribution in [0.3, 0.4) is 0 Å². The van der Waals surface area contributed by atoms with E-state index >= 15 is 0 Å². The number of nitrogens with zero attached hydrogens (tertiary/aromatic N) is 1. The zero-order chi connectivity index (χ0) is 14.7. The third-order valence-corrected chi connectivity index (χ3v) is 3.94. The zero-order valence-corrected chi connectivity index (χ0v) is 11.9. The summed E-state index contributed by atoms with van der Waals surface area (Å²) in [7, 11) is 0. The van der Waals surface area contributed by atoms with Crippen LogP contribution in [0.2, 0.25) is 0 Å². The summed E-state index contributed by atoms with van der Waals surface area (Å²) in [4.78, 5) is 29.2. The van der Waals surface area contributed by atoms with Gasteiger partial charge in [0, 0.05) is 24.7 Å². The molecule has 0 saturated carbocycles. The van der Waals surface area contributed by atoms with Crippen LogP contribution in [0.5, 0.6) is 0 Å². The number of para-hydroxylation sites is 1.